The fourth-order valence-electron chi connectivity index (χ4n) is 2.81. The van der Waals surface area contributed by atoms with E-state index in [0.717, 1.165) is 25.7 Å². The molecule has 0 radical (unpaired) electrons. The summed E-state index contributed by atoms with van der Waals surface area (Å²) in [5.41, 5.74) is -0.257. The van der Waals surface area contributed by atoms with Crippen molar-refractivity contribution in [3.05, 3.63) is 0 Å². The first kappa shape index (κ1) is 19.5. The third-order valence-corrected chi connectivity index (χ3v) is 4.34. The van der Waals surface area contributed by atoms with Crippen molar-refractivity contribution in [1.82, 2.24) is 0 Å². The number of carbonyl (C=O) groups is 1. The molecule has 20 heavy (non-hydrogen) atoms. The molecule has 0 aromatic rings. The summed E-state index contributed by atoms with van der Waals surface area (Å²) in [6.07, 6.45) is 14.5. The molecule has 0 aromatic heterocycles. The molecule has 0 amide bonds. The van der Waals surface area contributed by atoms with Gasteiger partial charge in [0.05, 0.1) is 12.5 Å². The van der Waals surface area contributed by atoms with Gasteiger partial charge in [0, 0.05) is 0 Å². The average Bonchev–Trinajstić information content (AvgIpc) is 2.46. The Balaban J connectivity index is 4.02. The van der Waals surface area contributed by atoms with E-state index in [4.69, 9.17) is 4.74 Å². The number of unbranched alkanes of at least 4 members (excludes halogenated alkanes) is 8. The van der Waals surface area contributed by atoms with Gasteiger partial charge in [-0.2, -0.15) is 0 Å². The van der Waals surface area contributed by atoms with Gasteiger partial charge in [0.2, 0.25) is 0 Å². The van der Waals surface area contributed by atoms with E-state index in [2.05, 4.69) is 20.8 Å². The van der Waals surface area contributed by atoms with Crippen molar-refractivity contribution >= 4 is 5.97 Å². The minimum atomic E-state index is -0.257. The minimum Gasteiger partial charge on any atom is -0.469 e. The first-order valence-corrected chi connectivity index (χ1v) is 8.69. The summed E-state index contributed by atoms with van der Waals surface area (Å²) in [5, 5.41) is 0. The van der Waals surface area contributed by atoms with Crippen LogP contribution in [-0.4, -0.2) is 13.1 Å². The molecule has 2 nitrogen and oxygen atoms in total. The normalized spacial score (nSPS) is 14.0. The van der Waals surface area contributed by atoms with Gasteiger partial charge in [-0.05, 0) is 19.8 Å². The van der Waals surface area contributed by atoms with Gasteiger partial charge in [0.1, 0.15) is 0 Å². The van der Waals surface area contributed by atoms with Gasteiger partial charge in [0.25, 0.3) is 0 Å². The third kappa shape index (κ3) is 8.60. The summed E-state index contributed by atoms with van der Waals surface area (Å²) in [7, 11) is 1.52. The monoisotopic (exact) mass is 284 g/mol. The van der Waals surface area contributed by atoms with E-state index in [-0.39, 0.29) is 11.4 Å². The highest BCUT2D eigenvalue weighted by molar-refractivity contribution is 5.76. The zero-order valence-electron chi connectivity index (χ0n) is 14.3. The molecule has 0 N–H and O–H groups in total. The highest BCUT2D eigenvalue weighted by atomic mass is 16.5. The molecule has 0 saturated carbocycles. The second-order valence-electron chi connectivity index (χ2n) is 6.38. The first-order valence-electron chi connectivity index (χ1n) is 8.69. The summed E-state index contributed by atoms with van der Waals surface area (Å²) < 4.78 is 5.03. The standard InChI is InChI=1S/C18H36O2/c1-5-7-9-11-12-14-16-18(3,17(19)20-4)15-13-10-8-6-2/h5-16H2,1-4H3. The number of methoxy groups -OCH3 is 1. The predicted octanol–water partition coefficient (Wildman–Crippen LogP) is 5.89. The molecule has 0 aliphatic carbocycles. The van der Waals surface area contributed by atoms with Crippen molar-refractivity contribution in [2.75, 3.05) is 7.11 Å². The van der Waals surface area contributed by atoms with Gasteiger partial charge < -0.3 is 4.74 Å². The van der Waals surface area contributed by atoms with Crippen LogP contribution >= 0.6 is 0 Å². The molecule has 0 bridgehead atoms. The van der Waals surface area contributed by atoms with E-state index in [1.807, 2.05) is 0 Å². The lowest BCUT2D eigenvalue weighted by molar-refractivity contribution is -0.152. The lowest BCUT2D eigenvalue weighted by atomic mass is 9.79. The fourth-order valence-corrected chi connectivity index (χ4v) is 2.81. The highest BCUT2D eigenvalue weighted by Gasteiger charge is 2.32. The Hall–Kier alpha value is -0.530. The van der Waals surface area contributed by atoms with Gasteiger partial charge >= 0.3 is 5.97 Å². The molecule has 0 fully saturated rings. The molecular formula is C18H36O2. The van der Waals surface area contributed by atoms with Crippen LogP contribution in [0.4, 0.5) is 0 Å². The molecule has 0 aliphatic rings. The molecule has 0 rings (SSSR count). The number of esters is 1. The van der Waals surface area contributed by atoms with E-state index < -0.39 is 0 Å². The molecule has 0 aromatic carbocycles. The van der Waals surface area contributed by atoms with E-state index in [0.29, 0.717) is 0 Å². The van der Waals surface area contributed by atoms with Crippen LogP contribution in [0.5, 0.6) is 0 Å². The predicted molar refractivity (Wildman–Crippen MR) is 86.9 cm³/mol. The van der Waals surface area contributed by atoms with Crippen LogP contribution in [0.1, 0.15) is 97.8 Å². The van der Waals surface area contributed by atoms with E-state index in [1.54, 1.807) is 0 Å². The second-order valence-corrected chi connectivity index (χ2v) is 6.38. The van der Waals surface area contributed by atoms with E-state index >= 15 is 0 Å². The largest absolute Gasteiger partial charge is 0.469 e. The maximum Gasteiger partial charge on any atom is 0.311 e. The van der Waals surface area contributed by atoms with E-state index in [9.17, 15) is 4.79 Å². The Morgan fingerprint density at radius 3 is 1.65 bits per heavy atom. The van der Waals surface area contributed by atoms with Crippen molar-refractivity contribution in [1.29, 1.82) is 0 Å². The van der Waals surface area contributed by atoms with Crippen molar-refractivity contribution in [2.45, 2.75) is 97.8 Å². The van der Waals surface area contributed by atoms with Gasteiger partial charge in [-0.1, -0.05) is 78.1 Å². The van der Waals surface area contributed by atoms with Crippen molar-refractivity contribution in [2.24, 2.45) is 5.41 Å². The Morgan fingerprint density at radius 2 is 1.20 bits per heavy atom. The van der Waals surface area contributed by atoms with E-state index in [1.165, 1.54) is 58.5 Å². The van der Waals surface area contributed by atoms with Crippen molar-refractivity contribution < 1.29 is 9.53 Å². The van der Waals surface area contributed by atoms with Crippen LogP contribution in [0.3, 0.4) is 0 Å². The molecule has 0 aliphatic heterocycles. The number of hydrogen-bond donors (Lipinski definition) is 0. The van der Waals surface area contributed by atoms with Crippen LogP contribution in [0.15, 0.2) is 0 Å². The average molecular weight is 284 g/mol. The lowest BCUT2D eigenvalue weighted by Crippen LogP contribution is -2.29. The summed E-state index contributed by atoms with van der Waals surface area (Å²) in [6.45, 7) is 6.55. The molecule has 0 spiro atoms. The first-order chi connectivity index (χ1) is 9.60. The highest BCUT2D eigenvalue weighted by Crippen LogP contribution is 2.32. The molecule has 120 valence electrons. The maximum absolute atomic E-state index is 12.0. The molecule has 0 heterocycles. The summed E-state index contributed by atoms with van der Waals surface area (Å²) in [5.74, 6) is -0.0115. The summed E-state index contributed by atoms with van der Waals surface area (Å²) >= 11 is 0. The Kier molecular flexibility index (Phi) is 11.9. The summed E-state index contributed by atoms with van der Waals surface area (Å²) in [4.78, 5) is 12.0. The maximum atomic E-state index is 12.0. The number of hydrogen-bond acceptors (Lipinski definition) is 2. The number of rotatable bonds is 13. The van der Waals surface area contributed by atoms with Crippen LogP contribution < -0.4 is 0 Å². The van der Waals surface area contributed by atoms with Gasteiger partial charge in [-0.3, -0.25) is 4.79 Å². The summed E-state index contributed by atoms with van der Waals surface area (Å²) in [6, 6.07) is 0. The van der Waals surface area contributed by atoms with Crippen molar-refractivity contribution in [3.8, 4) is 0 Å². The van der Waals surface area contributed by atoms with Crippen molar-refractivity contribution in [3.63, 3.8) is 0 Å². The Labute approximate surface area is 126 Å². The topological polar surface area (TPSA) is 26.3 Å². The Morgan fingerprint density at radius 1 is 0.800 bits per heavy atom. The second kappa shape index (κ2) is 12.2. The zero-order chi connectivity index (χ0) is 15.3. The molecule has 0 saturated heterocycles. The van der Waals surface area contributed by atoms with Gasteiger partial charge in [0.15, 0.2) is 0 Å². The SMILES string of the molecule is CCCCCCCCC(C)(CCCCCC)C(=O)OC. The van der Waals surface area contributed by atoms with Crippen LogP contribution in [0.25, 0.3) is 0 Å². The quantitative estimate of drug-likeness (QED) is 0.311. The van der Waals surface area contributed by atoms with Gasteiger partial charge in [-0.25, -0.2) is 0 Å². The Bertz CT molecular complexity index is 238. The van der Waals surface area contributed by atoms with Crippen LogP contribution in [0, 0.1) is 5.41 Å². The van der Waals surface area contributed by atoms with Crippen LogP contribution in [-0.2, 0) is 9.53 Å². The fraction of sp³-hybridized carbons (Fsp3) is 0.944. The molecular weight excluding hydrogens is 248 g/mol. The molecule has 1 unspecified atom stereocenters. The van der Waals surface area contributed by atoms with Crippen LogP contribution in [0.2, 0.25) is 0 Å². The molecule has 1 atom stereocenters. The number of ether oxygens (including phenoxy) is 1. The smallest absolute Gasteiger partial charge is 0.311 e. The zero-order valence-corrected chi connectivity index (χ0v) is 14.3. The van der Waals surface area contributed by atoms with Gasteiger partial charge in [-0.15, -0.1) is 0 Å². The molecule has 2 heteroatoms. The third-order valence-electron chi connectivity index (χ3n) is 4.34. The number of carbonyl (C=O) groups excluding carboxylic acids is 1. The minimum absolute atomic E-state index is 0.0115. The lowest BCUT2D eigenvalue weighted by Gasteiger charge is -2.26.